The SMILES string of the molecule is CC1(C(=O)O)CCc2c(Cl)cccc21. The standard InChI is InChI=1S/C11H11ClO2/c1-11(10(13)14)6-5-7-8(11)3-2-4-9(7)12/h2-4H,5-6H2,1H3,(H,13,14). The van der Waals surface area contributed by atoms with Gasteiger partial charge in [-0.15, -0.1) is 0 Å². The summed E-state index contributed by atoms with van der Waals surface area (Å²) in [6, 6.07) is 5.49. The number of rotatable bonds is 1. The summed E-state index contributed by atoms with van der Waals surface area (Å²) in [6.07, 6.45) is 1.40. The van der Waals surface area contributed by atoms with Gasteiger partial charge in [0.15, 0.2) is 0 Å². The summed E-state index contributed by atoms with van der Waals surface area (Å²) in [5.74, 6) is -0.765. The highest BCUT2D eigenvalue weighted by Gasteiger charge is 2.41. The lowest BCUT2D eigenvalue weighted by atomic mass is 9.84. The summed E-state index contributed by atoms with van der Waals surface area (Å²) < 4.78 is 0. The number of halogens is 1. The van der Waals surface area contributed by atoms with Gasteiger partial charge in [0.25, 0.3) is 0 Å². The summed E-state index contributed by atoms with van der Waals surface area (Å²) in [5.41, 5.74) is 1.12. The zero-order valence-electron chi connectivity index (χ0n) is 7.88. The second-order valence-electron chi connectivity index (χ2n) is 3.90. The number of carboxylic acid groups (broad SMARTS) is 1. The van der Waals surface area contributed by atoms with Crippen molar-refractivity contribution >= 4 is 17.6 Å². The highest BCUT2D eigenvalue weighted by molar-refractivity contribution is 6.31. The van der Waals surface area contributed by atoms with Gasteiger partial charge in [-0.2, -0.15) is 0 Å². The lowest BCUT2D eigenvalue weighted by molar-refractivity contribution is -0.143. The molecule has 14 heavy (non-hydrogen) atoms. The first-order valence-corrected chi connectivity index (χ1v) is 4.95. The molecule has 1 unspecified atom stereocenters. The van der Waals surface area contributed by atoms with Crippen molar-refractivity contribution in [1.82, 2.24) is 0 Å². The minimum atomic E-state index is -0.765. The maximum absolute atomic E-state index is 11.2. The van der Waals surface area contributed by atoms with Gasteiger partial charge in [0, 0.05) is 5.02 Å². The molecule has 0 saturated heterocycles. The minimum absolute atomic E-state index is 0.640. The van der Waals surface area contributed by atoms with Crippen molar-refractivity contribution in [2.24, 2.45) is 0 Å². The second-order valence-corrected chi connectivity index (χ2v) is 4.31. The lowest BCUT2D eigenvalue weighted by Crippen LogP contribution is -2.29. The fourth-order valence-corrected chi connectivity index (χ4v) is 2.33. The van der Waals surface area contributed by atoms with E-state index in [-0.39, 0.29) is 0 Å². The van der Waals surface area contributed by atoms with Crippen LogP contribution in [0.15, 0.2) is 18.2 Å². The third-order valence-electron chi connectivity index (χ3n) is 3.06. The zero-order chi connectivity index (χ0) is 10.3. The predicted octanol–water partition coefficient (Wildman–Crippen LogP) is 2.63. The van der Waals surface area contributed by atoms with Gasteiger partial charge in [0.1, 0.15) is 0 Å². The minimum Gasteiger partial charge on any atom is -0.481 e. The molecule has 1 N–H and O–H groups in total. The summed E-state index contributed by atoms with van der Waals surface area (Å²) in [6.45, 7) is 1.76. The molecule has 1 atom stereocenters. The van der Waals surface area contributed by atoms with Gasteiger partial charge in [-0.3, -0.25) is 4.79 Å². The van der Waals surface area contributed by atoms with E-state index in [9.17, 15) is 4.79 Å². The Labute approximate surface area is 87.5 Å². The molecule has 0 bridgehead atoms. The van der Waals surface area contributed by atoms with E-state index in [1.807, 2.05) is 18.2 Å². The molecular formula is C11H11ClO2. The fourth-order valence-electron chi connectivity index (χ4n) is 2.06. The van der Waals surface area contributed by atoms with Gasteiger partial charge in [-0.1, -0.05) is 23.7 Å². The van der Waals surface area contributed by atoms with Crippen LogP contribution in [-0.2, 0) is 16.6 Å². The molecule has 0 aromatic heterocycles. The van der Waals surface area contributed by atoms with E-state index < -0.39 is 11.4 Å². The Morgan fingerprint density at radius 1 is 1.57 bits per heavy atom. The van der Waals surface area contributed by atoms with Gasteiger partial charge in [-0.25, -0.2) is 0 Å². The largest absolute Gasteiger partial charge is 0.481 e. The van der Waals surface area contributed by atoms with Crippen molar-refractivity contribution in [3.63, 3.8) is 0 Å². The van der Waals surface area contributed by atoms with Crippen LogP contribution in [-0.4, -0.2) is 11.1 Å². The molecule has 0 fully saturated rings. The van der Waals surface area contributed by atoms with Crippen LogP contribution < -0.4 is 0 Å². The van der Waals surface area contributed by atoms with Gasteiger partial charge in [0.2, 0.25) is 0 Å². The number of aliphatic carboxylic acids is 1. The fraction of sp³-hybridized carbons (Fsp3) is 0.364. The van der Waals surface area contributed by atoms with Crippen LogP contribution in [0.2, 0.25) is 5.02 Å². The third kappa shape index (κ3) is 1.14. The maximum atomic E-state index is 11.2. The average Bonchev–Trinajstić information content (AvgIpc) is 2.47. The van der Waals surface area contributed by atoms with Gasteiger partial charge >= 0.3 is 5.97 Å². The number of hydrogen-bond donors (Lipinski definition) is 1. The summed E-state index contributed by atoms with van der Waals surface area (Å²) >= 11 is 6.01. The topological polar surface area (TPSA) is 37.3 Å². The van der Waals surface area contributed by atoms with Crippen molar-refractivity contribution in [1.29, 1.82) is 0 Å². The number of carbonyl (C=O) groups is 1. The second kappa shape index (κ2) is 2.99. The molecule has 0 amide bonds. The van der Waals surface area contributed by atoms with Crippen molar-refractivity contribution in [2.75, 3.05) is 0 Å². The van der Waals surface area contributed by atoms with Gasteiger partial charge in [0.05, 0.1) is 5.41 Å². The molecule has 1 aliphatic rings. The number of carboxylic acids is 1. The lowest BCUT2D eigenvalue weighted by Gasteiger charge is -2.19. The van der Waals surface area contributed by atoms with E-state index in [1.54, 1.807) is 6.92 Å². The predicted molar refractivity (Wildman–Crippen MR) is 54.8 cm³/mol. The highest BCUT2D eigenvalue weighted by atomic mass is 35.5. The van der Waals surface area contributed by atoms with Crippen LogP contribution in [0, 0.1) is 0 Å². The van der Waals surface area contributed by atoms with Crippen LogP contribution in [0.25, 0.3) is 0 Å². The Morgan fingerprint density at radius 2 is 2.29 bits per heavy atom. The molecule has 2 nitrogen and oxygen atoms in total. The zero-order valence-corrected chi connectivity index (χ0v) is 8.64. The van der Waals surface area contributed by atoms with E-state index in [2.05, 4.69) is 0 Å². The quantitative estimate of drug-likeness (QED) is 0.774. The Hall–Kier alpha value is -1.02. The molecule has 0 spiro atoms. The molecule has 2 rings (SSSR count). The van der Waals surface area contributed by atoms with Gasteiger partial charge in [-0.05, 0) is 37.0 Å². The van der Waals surface area contributed by atoms with Crippen LogP contribution in [0.1, 0.15) is 24.5 Å². The number of benzene rings is 1. The Balaban J connectivity index is 2.60. The van der Waals surface area contributed by atoms with Gasteiger partial charge < -0.3 is 5.11 Å². The molecular weight excluding hydrogens is 200 g/mol. The molecule has 0 saturated carbocycles. The first-order valence-electron chi connectivity index (χ1n) is 4.57. The monoisotopic (exact) mass is 210 g/mol. The molecule has 0 radical (unpaired) electrons. The van der Waals surface area contributed by atoms with E-state index in [4.69, 9.17) is 16.7 Å². The molecule has 74 valence electrons. The first kappa shape index (κ1) is 9.53. The van der Waals surface area contributed by atoms with Crippen molar-refractivity contribution < 1.29 is 9.90 Å². The van der Waals surface area contributed by atoms with Crippen molar-refractivity contribution in [3.05, 3.63) is 34.3 Å². The average molecular weight is 211 g/mol. The van der Waals surface area contributed by atoms with Crippen LogP contribution >= 0.6 is 11.6 Å². The third-order valence-corrected chi connectivity index (χ3v) is 3.41. The molecule has 3 heteroatoms. The summed E-state index contributed by atoms with van der Waals surface area (Å²) in [4.78, 5) is 11.2. The summed E-state index contributed by atoms with van der Waals surface area (Å²) in [7, 11) is 0. The van der Waals surface area contributed by atoms with Crippen LogP contribution in [0.3, 0.4) is 0 Å². The van der Waals surface area contributed by atoms with Crippen LogP contribution in [0.5, 0.6) is 0 Å². The number of hydrogen-bond acceptors (Lipinski definition) is 1. The summed E-state index contributed by atoms with van der Waals surface area (Å²) in [5, 5.41) is 9.85. The van der Waals surface area contributed by atoms with Crippen LogP contribution in [0.4, 0.5) is 0 Å². The van der Waals surface area contributed by atoms with E-state index in [1.165, 1.54) is 0 Å². The Kier molecular flexibility index (Phi) is 2.04. The molecule has 0 aliphatic heterocycles. The number of fused-ring (bicyclic) bond motifs is 1. The molecule has 0 heterocycles. The van der Waals surface area contributed by atoms with Crippen molar-refractivity contribution in [3.8, 4) is 0 Å². The Bertz CT molecular complexity index is 400. The maximum Gasteiger partial charge on any atom is 0.313 e. The highest BCUT2D eigenvalue weighted by Crippen LogP contribution is 2.41. The molecule has 1 aromatic rings. The Morgan fingerprint density at radius 3 is 2.93 bits per heavy atom. The first-order chi connectivity index (χ1) is 6.55. The van der Waals surface area contributed by atoms with Crippen molar-refractivity contribution in [2.45, 2.75) is 25.2 Å². The molecule has 1 aromatic carbocycles. The smallest absolute Gasteiger partial charge is 0.313 e. The van der Waals surface area contributed by atoms with E-state index in [0.29, 0.717) is 11.4 Å². The van der Waals surface area contributed by atoms with E-state index in [0.717, 1.165) is 17.5 Å². The van der Waals surface area contributed by atoms with E-state index >= 15 is 0 Å². The normalized spacial score (nSPS) is 24.7. The molecule has 1 aliphatic carbocycles.